The van der Waals surface area contributed by atoms with Crippen molar-refractivity contribution in [3.63, 3.8) is 0 Å². The van der Waals surface area contributed by atoms with E-state index in [2.05, 4.69) is 11.8 Å². The van der Waals surface area contributed by atoms with Crippen molar-refractivity contribution in [2.75, 3.05) is 0 Å². The van der Waals surface area contributed by atoms with E-state index in [1.165, 1.54) is 0 Å². The predicted octanol–water partition coefficient (Wildman–Crippen LogP) is 1.54. The summed E-state index contributed by atoms with van der Waals surface area (Å²) in [5, 5.41) is 0. The third-order valence-electron chi connectivity index (χ3n) is 0.983. The lowest BCUT2D eigenvalue weighted by Gasteiger charge is -2.09. The van der Waals surface area contributed by atoms with E-state index < -0.39 is 0 Å². The molecule has 0 fully saturated rings. The van der Waals surface area contributed by atoms with Gasteiger partial charge in [-0.05, 0) is 6.92 Å². The smallest absolute Gasteiger partial charge is 0.205 e. The van der Waals surface area contributed by atoms with E-state index in [-0.39, 0.29) is 5.41 Å². The molecule has 0 bridgehead atoms. The lowest BCUT2D eigenvalue weighted by Crippen LogP contribution is -2.10. The monoisotopic (exact) mass is 123 g/mol. The van der Waals surface area contributed by atoms with Crippen LogP contribution in [0.5, 0.6) is 0 Å². The van der Waals surface area contributed by atoms with Gasteiger partial charge in [-0.3, -0.25) is 4.79 Å². The highest BCUT2D eigenvalue weighted by molar-refractivity contribution is 5.59. The van der Waals surface area contributed by atoms with Gasteiger partial charge in [0.05, 0.1) is 0 Å². The molecule has 0 saturated heterocycles. The van der Waals surface area contributed by atoms with Gasteiger partial charge >= 0.3 is 0 Å². The predicted molar refractivity (Wildman–Crippen MR) is 37.5 cm³/mol. The van der Waals surface area contributed by atoms with Crippen LogP contribution >= 0.6 is 0 Å². The van der Waals surface area contributed by atoms with Gasteiger partial charge in [0.25, 0.3) is 0 Å². The summed E-state index contributed by atoms with van der Waals surface area (Å²) in [6, 6.07) is 0. The Morgan fingerprint density at radius 1 is 1.44 bits per heavy atom. The molecule has 0 amide bonds. The van der Waals surface area contributed by atoms with Crippen molar-refractivity contribution in [2.24, 2.45) is 5.41 Å². The standard InChI is InChI=1S/C8H11O/c1-4-5-6-8(2,3)7-9/h6H2,1-3H3. The summed E-state index contributed by atoms with van der Waals surface area (Å²) in [6.07, 6.45) is 2.53. The van der Waals surface area contributed by atoms with E-state index in [9.17, 15) is 4.79 Å². The first-order valence-electron chi connectivity index (χ1n) is 2.91. The molecule has 0 N–H and O–H groups in total. The summed E-state index contributed by atoms with van der Waals surface area (Å²) in [5.41, 5.74) is -0.386. The first-order valence-corrected chi connectivity index (χ1v) is 2.91. The van der Waals surface area contributed by atoms with Gasteiger partial charge < -0.3 is 0 Å². The van der Waals surface area contributed by atoms with Crippen molar-refractivity contribution in [1.82, 2.24) is 0 Å². The van der Waals surface area contributed by atoms with Crippen LogP contribution in [0.2, 0.25) is 0 Å². The van der Waals surface area contributed by atoms with Crippen molar-refractivity contribution >= 4 is 6.29 Å². The summed E-state index contributed by atoms with van der Waals surface area (Å²) in [6.45, 7) is 5.41. The minimum Gasteiger partial charge on any atom is -0.290 e. The molecule has 0 aromatic heterocycles. The SMILES string of the molecule is CC#CCC(C)(C)[C]=O. The third kappa shape index (κ3) is 3.78. The van der Waals surface area contributed by atoms with Crippen LogP contribution in [0.15, 0.2) is 0 Å². The number of hydrogen-bond acceptors (Lipinski definition) is 1. The first-order chi connectivity index (χ1) is 4.12. The molecule has 0 aromatic carbocycles. The molecule has 0 unspecified atom stereocenters. The molecule has 0 rings (SSSR count). The summed E-state index contributed by atoms with van der Waals surface area (Å²) in [5.74, 6) is 5.56. The van der Waals surface area contributed by atoms with Crippen LogP contribution in [0.4, 0.5) is 0 Å². The fraction of sp³-hybridized carbons (Fsp3) is 0.625. The Kier molecular flexibility index (Phi) is 3.01. The van der Waals surface area contributed by atoms with Gasteiger partial charge in [-0.1, -0.05) is 13.8 Å². The zero-order valence-corrected chi connectivity index (χ0v) is 6.12. The van der Waals surface area contributed by atoms with Gasteiger partial charge in [0.2, 0.25) is 6.29 Å². The van der Waals surface area contributed by atoms with Crippen LogP contribution in [0.1, 0.15) is 27.2 Å². The minimum absolute atomic E-state index is 0.386. The lowest BCUT2D eigenvalue weighted by molar-refractivity contribution is 0.458. The summed E-state index contributed by atoms with van der Waals surface area (Å²) < 4.78 is 0. The molecule has 0 aliphatic carbocycles. The zero-order valence-electron chi connectivity index (χ0n) is 6.12. The Balaban J connectivity index is 3.81. The van der Waals surface area contributed by atoms with Crippen LogP contribution in [0.3, 0.4) is 0 Å². The Morgan fingerprint density at radius 2 is 2.00 bits per heavy atom. The molecule has 1 heteroatoms. The van der Waals surface area contributed by atoms with Crippen LogP contribution in [-0.2, 0) is 4.79 Å². The van der Waals surface area contributed by atoms with Gasteiger partial charge in [0, 0.05) is 11.8 Å². The lowest BCUT2D eigenvalue weighted by atomic mass is 9.92. The molecule has 9 heavy (non-hydrogen) atoms. The summed E-state index contributed by atoms with van der Waals surface area (Å²) in [7, 11) is 0. The molecule has 1 nitrogen and oxygen atoms in total. The first kappa shape index (κ1) is 8.23. The summed E-state index contributed by atoms with van der Waals surface area (Å²) >= 11 is 0. The molecule has 0 atom stereocenters. The maximum atomic E-state index is 10.1. The van der Waals surface area contributed by atoms with Crippen LogP contribution < -0.4 is 0 Å². The topological polar surface area (TPSA) is 17.1 Å². The summed E-state index contributed by atoms with van der Waals surface area (Å²) in [4.78, 5) is 10.1. The Hall–Kier alpha value is -0.770. The highest BCUT2D eigenvalue weighted by Crippen LogP contribution is 2.14. The number of rotatable bonds is 2. The molecule has 0 spiro atoms. The molecular weight excluding hydrogens is 112 g/mol. The maximum Gasteiger partial charge on any atom is 0.205 e. The Bertz CT molecular complexity index is 146. The highest BCUT2D eigenvalue weighted by Gasteiger charge is 2.15. The van der Waals surface area contributed by atoms with Gasteiger partial charge in [-0.15, -0.1) is 11.8 Å². The van der Waals surface area contributed by atoms with E-state index in [1.54, 1.807) is 6.92 Å². The van der Waals surface area contributed by atoms with E-state index in [0.29, 0.717) is 6.42 Å². The second-order valence-electron chi connectivity index (χ2n) is 2.59. The van der Waals surface area contributed by atoms with Gasteiger partial charge in [-0.2, -0.15) is 0 Å². The van der Waals surface area contributed by atoms with Crippen molar-refractivity contribution in [3.05, 3.63) is 0 Å². The Morgan fingerprint density at radius 3 is 2.33 bits per heavy atom. The number of hydrogen-bond donors (Lipinski definition) is 0. The number of carbonyl (C=O) groups excluding carboxylic acids is 1. The molecule has 0 aliphatic rings. The zero-order chi connectivity index (χ0) is 7.33. The van der Waals surface area contributed by atoms with E-state index in [1.807, 2.05) is 20.1 Å². The van der Waals surface area contributed by atoms with Gasteiger partial charge in [0.1, 0.15) is 0 Å². The molecule has 0 aromatic rings. The molecule has 49 valence electrons. The van der Waals surface area contributed by atoms with Crippen molar-refractivity contribution in [1.29, 1.82) is 0 Å². The van der Waals surface area contributed by atoms with E-state index >= 15 is 0 Å². The molecule has 1 radical (unpaired) electrons. The van der Waals surface area contributed by atoms with Crippen LogP contribution in [0, 0.1) is 17.3 Å². The fourth-order valence-electron chi connectivity index (χ4n) is 0.345. The quantitative estimate of drug-likeness (QED) is 0.509. The maximum absolute atomic E-state index is 10.1. The fourth-order valence-corrected chi connectivity index (χ4v) is 0.345. The second-order valence-corrected chi connectivity index (χ2v) is 2.59. The molecule has 0 heterocycles. The van der Waals surface area contributed by atoms with Crippen molar-refractivity contribution in [2.45, 2.75) is 27.2 Å². The molecule has 0 saturated carbocycles. The minimum atomic E-state index is -0.386. The second kappa shape index (κ2) is 3.29. The molecule has 0 aliphatic heterocycles. The average molecular weight is 123 g/mol. The third-order valence-corrected chi connectivity index (χ3v) is 0.983. The van der Waals surface area contributed by atoms with Crippen molar-refractivity contribution < 1.29 is 4.79 Å². The normalized spacial score (nSPS) is 9.67. The van der Waals surface area contributed by atoms with E-state index in [0.717, 1.165) is 0 Å². The van der Waals surface area contributed by atoms with Crippen molar-refractivity contribution in [3.8, 4) is 11.8 Å². The Labute approximate surface area is 56.5 Å². The average Bonchev–Trinajstić information content (AvgIpc) is 1.84. The van der Waals surface area contributed by atoms with Gasteiger partial charge in [0.15, 0.2) is 0 Å². The van der Waals surface area contributed by atoms with Crippen LogP contribution in [0.25, 0.3) is 0 Å². The largest absolute Gasteiger partial charge is 0.290 e. The van der Waals surface area contributed by atoms with Crippen LogP contribution in [-0.4, -0.2) is 6.29 Å². The molecular formula is C8H11O. The van der Waals surface area contributed by atoms with E-state index in [4.69, 9.17) is 0 Å². The highest BCUT2D eigenvalue weighted by atomic mass is 16.1. The van der Waals surface area contributed by atoms with Gasteiger partial charge in [-0.25, -0.2) is 0 Å².